The van der Waals surface area contributed by atoms with Crippen LogP contribution in [0.15, 0.2) is 29.2 Å². The minimum absolute atomic E-state index is 0.320. The van der Waals surface area contributed by atoms with E-state index in [2.05, 4.69) is 17.0 Å². The van der Waals surface area contributed by atoms with Gasteiger partial charge in [-0.15, -0.1) is 0 Å². The van der Waals surface area contributed by atoms with Gasteiger partial charge in [-0.05, 0) is 38.1 Å². The minimum Gasteiger partial charge on any atom is -0.317 e. The first-order valence-electron chi connectivity index (χ1n) is 5.75. The molecule has 0 heterocycles. The lowest BCUT2D eigenvalue weighted by Gasteiger charge is -2.10. The second-order valence-electron chi connectivity index (χ2n) is 4.04. The average molecular weight is 256 g/mol. The standard InChI is InChI=1S/C12H20N2O2S/c1-4-14-17(15,16)12-7-5-11(6-8-12)9-10(2)13-3/h5-8,10,13-14H,4,9H2,1-3H3. The van der Waals surface area contributed by atoms with Crippen LogP contribution in [0.4, 0.5) is 0 Å². The van der Waals surface area contributed by atoms with E-state index in [0.717, 1.165) is 12.0 Å². The molecule has 0 aliphatic heterocycles. The third kappa shape index (κ3) is 4.11. The lowest BCUT2D eigenvalue weighted by atomic mass is 10.1. The molecule has 1 unspecified atom stereocenters. The van der Waals surface area contributed by atoms with E-state index in [1.807, 2.05) is 19.2 Å². The maximum Gasteiger partial charge on any atom is 0.240 e. The molecule has 1 atom stereocenters. The van der Waals surface area contributed by atoms with E-state index in [1.165, 1.54) is 0 Å². The van der Waals surface area contributed by atoms with Gasteiger partial charge in [0, 0.05) is 12.6 Å². The smallest absolute Gasteiger partial charge is 0.240 e. The van der Waals surface area contributed by atoms with Crippen molar-refractivity contribution >= 4 is 10.0 Å². The largest absolute Gasteiger partial charge is 0.317 e. The number of benzene rings is 1. The van der Waals surface area contributed by atoms with Crippen LogP contribution < -0.4 is 10.0 Å². The molecule has 0 saturated carbocycles. The Morgan fingerprint density at radius 1 is 1.24 bits per heavy atom. The number of rotatable bonds is 6. The number of nitrogens with one attached hydrogen (secondary N) is 2. The molecule has 5 heteroatoms. The minimum atomic E-state index is -3.33. The van der Waals surface area contributed by atoms with Crippen molar-refractivity contribution in [3.8, 4) is 0 Å². The van der Waals surface area contributed by atoms with Gasteiger partial charge in [0.25, 0.3) is 0 Å². The fourth-order valence-electron chi connectivity index (χ4n) is 1.53. The topological polar surface area (TPSA) is 58.2 Å². The number of sulfonamides is 1. The fourth-order valence-corrected chi connectivity index (χ4v) is 2.57. The van der Waals surface area contributed by atoms with Crippen molar-refractivity contribution in [1.82, 2.24) is 10.0 Å². The lowest BCUT2D eigenvalue weighted by molar-refractivity contribution is 0.583. The fraction of sp³-hybridized carbons (Fsp3) is 0.500. The molecule has 17 heavy (non-hydrogen) atoms. The first-order valence-corrected chi connectivity index (χ1v) is 7.23. The van der Waals surface area contributed by atoms with E-state index in [-0.39, 0.29) is 0 Å². The maximum absolute atomic E-state index is 11.7. The van der Waals surface area contributed by atoms with Crippen LogP contribution >= 0.6 is 0 Å². The van der Waals surface area contributed by atoms with Gasteiger partial charge in [0.1, 0.15) is 0 Å². The summed E-state index contributed by atoms with van der Waals surface area (Å²) in [6, 6.07) is 7.40. The molecule has 4 nitrogen and oxygen atoms in total. The Bertz CT molecular complexity index is 440. The molecule has 1 aromatic rings. The van der Waals surface area contributed by atoms with Crippen LogP contribution in [0.2, 0.25) is 0 Å². The molecule has 96 valence electrons. The summed E-state index contributed by atoms with van der Waals surface area (Å²) in [5.74, 6) is 0. The number of hydrogen-bond acceptors (Lipinski definition) is 3. The van der Waals surface area contributed by atoms with Crippen molar-refractivity contribution in [1.29, 1.82) is 0 Å². The molecule has 0 radical (unpaired) electrons. The molecule has 1 aromatic carbocycles. The van der Waals surface area contributed by atoms with Gasteiger partial charge in [0.2, 0.25) is 10.0 Å². The Morgan fingerprint density at radius 2 is 1.82 bits per heavy atom. The Morgan fingerprint density at radius 3 is 2.29 bits per heavy atom. The molecule has 0 aliphatic carbocycles. The van der Waals surface area contributed by atoms with Gasteiger partial charge in [0.15, 0.2) is 0 Å². The van der Waals surface area contributed by atoms with Gasteiger partial charge in [-0.3, -0.25) is 0 Å². The summed E-state index contributed by atoms with van der Waals surface area (Å²) in [6.07, 6.45) is 0.887. The van der Waals surface area contributed by atoms with Gasteiger partial charge < -0.3 is 5.32 Å². The van der Waals surface area contributed by atoms with Crippen LogP contribution in [0.25, 0.3) is 0 Å². The highest BCUT2D eigenvalue weighted by Crippen LogP contribution is 2.11. The van der Waals surface area contributed by atoms with Crippen molar-refractivity contribution in [2.24, 2.45) is 0 Å². The van der Waals surface area contributed by atoms with Crippen molar-refractivity contribution in [3.05, 3.63) is 29.8 Å². The summed E-state index contributed by atoms with van der Waals surface area (Å²) in [7, 11) is -1.42. The summed E-state index contributed by atoms with van der Waals surface area (Å²) in [5.41, 5.74) is 1.13. The molecule has 0 fully saturated rings. The second-order valence-corrected chi connectivity index (χ2v) is 5.81. The van der Waals surface area contributed by atoms with Gasteiger partial charge in [-0.25, -0.2) is 13.1 Å². The Kier molecular flexibility index (Phi) is 5.11. The van der Waals surface area contributed by atoms with Gasteiger partial charge in [-0.2, -0.15) is 0 Å². The van der Waals surface area contributed by atoms with Gasteiger partial charge in [-0.1, -0.05) is 19.1 Å². The average Bonchev–Trinajstić information content (AvgIpc) is 2.29. The second kappa shape index (κ2) is 6.14. The highest BCUT2D eigenvalue weighted by Gasteiger charge is 2.12. The van der Waals surface area contributed by atoms with Crippen molar-refractivity contribution in [2.75, 3.05) is 13.6 Å². The van der Waals surface area contributed by atoms with E-state index in [0.29, 0.717) is 17.5 Å². The van der Waals surface area contributed by atoms with Crippen molar-refractivity contribution < 1.29 is 8.42 Å². The van der Waals surface area contributed by atoms with Crippen LogP contribution in [0.5, 0.6) is 0 Å². The summed E-state index contributed by atoms with van der Waals surface area (Å²) in [4.78, 5) is 0.320. The lowest BCUT2D eigenvalue weighted by Crippen LogP contribution is -2.24. The monoisotopic (exact) mass is 256 g/mol. The summed E-state index contributed by atoms with van der Waals surface area (Å²) in [6.45, 7) is 4.25. The third-order valence-electron chi connectivity index (χ3n) is 2.60. The van der Waals surface area contributed by atoms with Gasteiger partial charge in [0.05, 0.1) is 4.90 Å². The van der Waals surface area contributed by atoms with Crippen molar-refractivity contribution in [3.63, 3.8) is 0 Å². The molecule has 0 amide bonds. The first-order chi connectivity index (χ1) is 7.99. The predicted octanol–water partition coefficient (Wildman–Crippen LogP) is 1.14. The third-order valence-corrected chi connectivity index (χ3v) is 4.16. The molecule has 0 aromatic heterocycles. The zero-order valence-corrected chi connectivity index (χ0v) is 11.3. The van der Waals surface area contributed by atoms with Crippen LogP contribution in [0.1, 0.15) is 19.4 Å². The van der Waals surface area contributed by atoms with E-state index in [4.69, 9.17) is 0 Å². The summed E-state index contributed by atoms with van der Waals surface area (Å²) in [5, 5.41) is 3.15. The van der Waals surface area contributed by atoms with Crippen molar-refractivity contribution in [2.45, 2.75) is 31.2 Å². The van der Waals surface area contributed by atoms with Crippen LogP contribution in [0.3, 0.4) is 0 Å². The summed E-state index contributed by atoms with van der Waals surface area (Å²) >= 11 is 0. The predicted molar refractivity (Wildman–Crippen MR) is 69.5 cm³/mol. The van der Waals surface area contributed by atoms with E-state index in [1.54, 1.807) is 19.1 Å². The van der Waals surface area contributed by atoms with Gasteiger partial charge >= 0.3 is 0 Å². The van der Waals surface area contributed by atoms with E-state index >= 15 is 0 Å². The van der Waals surface area contributed by atoms with Crippen LogP contribution in [0, 0.1) is 0 Å². The Hall–Kier alpha value is -0.910. The molecule has 0 spiro atoms. The zero-order valence-electron chi connectivity index (χ0n) is 10.5. The van der Waals surface area contributed by atoms with E-state index in [9.17, 15) is 8.42 Å². The number of hydrogen-bond donors (Lipinski definition) is 2. The zero-order chi connectivity index (χ0) is 12.9. The molecule has 0 aliphatic rings. The summed E-state index contributed by atoms with van der Waals surface area (Å²) < 4.78 is 25.9. The Balaban J connectivity index is 2.81. The SMILES string of the molecule is CCNS(=O)(=O)c1ccc(CC(C)NC)cc1. The van der Waals surface area contributed by atoms with Crippen LogP contribution in [-0.2, 0) is 16.4 Å². The molecule has 1 rings (SSSR count). The first kappa shape index (κ1) is 14.2. The molecule has 0 bridgehead atoms. The van der Waals surface area contributed by atoms with Crippen LogP contribution in [-0.4, -0.2) is 28.1 Å². The molecule has 2 N–H and O–H groups in total. The molecular formula is C12H20N2O2S. The highest BCUT2D eigenvalue weighted by molar-refractivity contribution is 7.89. The quantitative estimate of drug-likeness (QED) is 0.802. The highest BCUT2D eigenvalue weighted by atomic mass is 32.2. The molecule has 0 saturated heterocycles. The molecular weight excluding hydrogens is 236 g/mol. The Labute approximate surface area is 103 Å². The maximum atomic E-state index is 11.7. The van der Waals surface area contributed by atoms with E-state index < -0.39 is 10.0 Å². The number of likely N-dealkylation sites (N-methyl/N-ethyl adjacent to an activating group) is 1. The normalized spacial score (nSPS) is 13.6.